The molecule has 0 aliphatic heterocycles. The monoisotopic (exact) mass is 384 g/mol. The minimum Gasteiger partial charge on any atom is -0.298 e. The summed E-state index contributed by atoms with van der Waals surface area (Å²) in [6.07, 6.45) is 4.49. The lowest BCUT2D eigenvalue weighted by atomic mass is 9.34. The second kappa shape index (κ2) is 8.92. The third-order valence-corrected chi connectivity index (χ3v) is 5.65. The molecule has 0 N–H and O–H groups in total. The zero-order valence-electron chi connectivity index (χ0n) is 17.5. The molecule has 0 aliphatic rings. The van der Waals surface area contributed by atoms with Crippen LogP contribution in [0.2, 0.25) is 6.32 Å². The van der Waals surface area contributed by atoms with Crippen LogP contribution in [0.5, 0.6) is 0 Å². The fraction of sp³-hybridized carbons (Fsp3) is 0.292. The Kier molecular flexibility index (Phi) is 6.34. The molecule has 1 atom stereocenters. The molecular formula is C24H27BN3O. The van der Waals surface area contributed by atoms with E-state index in [1.54, 1.807) is 24.3 Å². The van der Waals surface area contributed by atoms with Crippen LogP contribution in [-0.2, 0) is 14.1 Å². The van der Waals surface area contributed by atoms with Gasteiger partial charge in [-0.15, -0.1) is 6.32 Å². The second-order valence-corrected chi connectivity index (χ2v) is 7.98. The van der Waals surface area contributed by atoms with E-state index in [1.807, 2.05) is 32.6 Å². The molecule has 5 heteroatoms. The van der Waals surface area contributed by atoms with Gasteiger partial charge in [-0.05, 0) is 12.1 Å². The van der Waals surface area contributed by atoms with Crippen molar-refractivity contribution in [3.05, 3.63) is 83.7 Å². The Hall–Kier alpha value is -3.13. The number of nitrogens with zero attached hydrogens (tertiary/aromatic N) is 3. The highest BCUT2D eigenvalue weighted by Crippen LogP contribution is 2.29. The predicted molar refractivity (Wildman–Crippen MR) is 116 cm³/mol. The van der Waals surface area contributed by atoms with Gasteiger partial charge in [-0.25, -0.2) is 0 Å². The first-order valence-electron chi connectivity index (χ1n) is 10.0. The molecule has 1 heterocycles. The number of hydrogen-bond donors (Lipinski definition) is 0. The van der Waals surface area contributed by atoms with Crippen LogP contribution in [-0.4, -0.2) is 17.1 Å². The van der Waals surface area contributed by atoms with Crippen molar-refractivity contribution in [1.29, 1.82) is 5.26 Å². The molecule has 0 aliphatic carbocycles. The largest absolute Gasteiger partial charge is 0.298 e. The molecule has 3 aromatic rings. The summed E-state index contributed by atoms with van der Waals surface area (Å²) in [7, 11) is 4.08. The molecule has 0 saturated carbocycles. The number of hydrogen-bond acceptors (Lipinski definition) is 2. The fourth-order valence-electron chi connectivity index (χ4n) is 4.31. The Morgan fingerprint density at radius 3 is 2.31 bits per heavy atom. The van der Waals surface area contributed by atoms with Crippen LogP contribution in [0.3, 0.4) is 0 Å². The van der Waals surface area contributed by atoms with Crippen molar-refractivity contribution in [3.63, 3.8) is 0 Å². The molecule has 1 aromatic heterocycles. The predicted octanol–water partition coefficient (Wildman–Crippen LogP) is 3.28. The molecule has 1 unspecified atom stereocenters. The van der Waals surface area contributed by atoms with Crippen molar-refractivity contribution >= 4 is 18.2 Å². The first kappa shape index (κ1) is 20.6. The smallest absolute Gasteiger partial charge is 0.126 e. The normalized spacial score (nSPS) is 12.2. The lowest BCUT2D eigenvalue weighted by molar-refractivity contribution is -0.653. The fourth-order valence-corrected chi connectivity index (χ4v) is 4.31. The van der Waals surface area contributed by atoms with Crippen molar-refractivity contribution in [2.45, 2.75) is 26.0 Å². The average molecular weight is 384 g/mol. The van der Waals surface area contributed by atoms with Crippen molar-refractivity contribution in [3.8, 4) is 6.07 Å². The van der Waals surface area contributed by atoms with Gasteiger partial charge in [0, 0.05) is 18.0 Å². The van der Waals surface area contributed by atoms with Gasteiger partial charge in [-0.3, -0.25) is 13.9 Å². The second-order valence-electron chi connectivity index (χ2n) is 7.98. The highest BCUT2D eigenvalue weighted by atomic mass is 16.1. The number of nitriles is 1. The van der Waals surface area contributed by atoms with Gasteiger partial charge in [-0.1, -0.05) is 67.8 Å². The van der Waals surface area contributed by atoms with Crippen LogP contribution in [0.25, 0.3) is 0 Å². The van der Waals surface area contributed by atoms with E-state index in [-0.39, 0.29) is 18.3 Å². The number of rotatable bonds is 7. The third kappa shape index (κ3) is 4.48. The Balaban J connectivity index is 2.03. The summed E-state index contributed by atoms with van der Waals surface area (Å²) >= 11 is 0. The number of aryl methyl sites for hydroxylation is 2. The summed E-state index contributed by atoms with van der Waals surface area (Å²) in [6, 6.07) is 19.5. The van der Waals surface area contributed by atoms with Gasteiger partial charge in [-0.2, -0.15) is 11.1 Å². The van der Waals surface area contributed by atoms with Gasteiger partial charge in [0.2, 0.25) is 0 Å². The number of benzene rings is 2. The van der Waals surface area contributed by atoms with Gasteiger partial charge in [0.05, 0.1) is 25.7 Å². The average Bonchev–Trinajstić information content (AvgIpc) is 3.06. The molecule has 0 fully saturated rings. The van der Waals surface area contributed by atoms with Crippen molar-refractivity contribution in [2.75, 3.05) is 0 Å². The first-order valence-corrected chi connectivity index (χ1v) is 10.0. The van der Waals surface area contributed by atoms with Crippen LogP contribution in [0.15, 0.2) is 67.0 Å². The SMILES string of the molecule is CC(C)C([B-](CC(=O)c1ccc(C#N)cc1)c1n(C)cc[n+]1C)c1ccccc1. The molecule has 0 spiro atoms. The van der Waals surface area contributed by atoms with Crippen molar-refractivity contribution in [1.82, 2.24) is 4.57 Å². The molecule has 1 radical (unpaired) electrons. The highest BCUT2D eigenvalue weighted by molar-refractivity contribution is 6.75. The lowest BCUT2D eigenvalue weighted by Crippen LogP contribution is -2.59. The Bertz CT molecular complexity index is 997. The van der Waals surface area contributed by atoms with E-state index in [0.29, 0.717) is 23.4 Å². The van der Waals surface area contributed by atoms with Crippen LogP contribution in [0.4, 0.5) is 0 Å². The van der Waals surface area contributed by atoms with E-state index in [9.17, 15) is 4.79 Å². The Morgan fingerprint density at radius 2 is 1.79 bits per heavy atom. The number of carbonyl (C=O) groups is 1. The van der Waals surface area contributed by atoms with Crippen LogP contribution < -0.4 is 10.3 Å². The summed E-state index contributed by atoms with van der Waals surface area (Å²) in [4.78, 5) is 13.2. The zero-order valence-corrected chi connectivity index (χ0v) is 17.5. The summed E-state index contributed by atoms with van der Waals surface area (Å²) in [6.45, 7) is 4.48. The highest BCUT2D eigenvalue weighted by Gasteiger charge is 2.27. The standard InChI is InChI=1S/C24H27BN3O/c1-18(2)23(21-8-6-5-7-9-21)25(24-27(3)14-15-28(24)4)16-22(29)20-12-10-19(17-26)11-13-20/h5-15,18,23H,16H2,1-4H3. The number of Topliss-reactive ketones (excluding diaryl/α,β-unsaturated/α-hetero) is 1. The van der Waals surface area contributed by atoms with Crippen molar-refractivity contribution < 1.29 is 9.36 Å². The van der Waals surface area contributed by atoms with Gasteiger partial charge in [0.15, 0.2) is 0 Å². The number of aromatic nitrogens is 2. The molecule has 29 heavy (non-hydrogen) atoms. The Labute approximate surface area is 173 Å². The third-order valence-electron chi connectivity index (χ3n) is 5.65. The van der Waals surface area contributed by atoms with Crippen LogP contribution >= 0.6 is 0 Å². The summed E-state index contributed by atoms with van der Waals surface area (Å²) in [5, 5.41) is 9.02. The molecule has 3 rings (SSSR count). The summed E-state index contributed by atoms with van der Waals surface area (Å²) in [5.41, 5.74) is 3.61. The van der Waals surface area contributed by atoms with Crippen LogP contribution in [0.1, 0.15) is 41.1 Å². The topological polar surface area (TPSA) is 49.7 Å². The summed E-state index contributed by atoms with van der Waals surface area (Å²) < 4.78 is 4.24. The minimum atomic E-state index is 0.0329. The minimum absolute atomic E-state index is 0.0329. The number of carbonyl (C=O) groups excluding carboxylic acids is 1. The molecule has 4 nitrogen and oxygen atoms in total. The quantitative estimate of drug-likeness (QED) is 0.357. The van der Waals surface area contributed by atoms with E-state index in [2.05, 4.69) is 53.3 Å². The lowest BCUT2D eigenvalue weighted by Gasteiger charge is -2.37. The van der Waals surface area contributed by atoms with Gasteiger partial charge >= 0.3 is 0 Å². The van der Waals surface area contributed by atoms with E-state index >= 15 is 0 Å². The first-order chi connectivity index (χ1) is 13.9. The Morgan fingerprint density at radius 1 is 1.14 bits per heavy atom. The van der Waals surface area contributed by atoms with Gasteiger partial charge in [0.1, 0.15) is 18.2 Å². The molecule has 2 aromatic carbocycles. The molecule has 0 saturated heterocycles. The van der Waals surface area contributed by atoms with E-state index < -0.39 is 0 Å². The zero-order chi connectivity index (χ0) is 21.0. The van der Waals surface area contributed by atoms with E-state index in [0.717, 1.165) is 5.72 Å². The molecule has 147 valence electrons. The molecular weight excluding hydrogens is 357 g/mol. The van der Waals surface area contributed by atoms with Crippen LogP contribution in [0, 0.1) is 17.2 Å². The molecule has 0 bridgehead atoms. The number of imidazole rings is 1. The maximum absolute atomic E-state index is 13.2. The summed E-state index contributed by atoms with van der Waals surface area (Å²) in [5.74, 6) is 0.673. The van der Waals surface area contributed by atoms with Gasteiger partial charge < -0.3 is 0 Å². The number of ketones is 1. The maximum Gasteiger partial charge on any atom is 0.126 e. The molecule has 0 amide bonds. The van der Waals surface area contributed by atoms with E-state index in [4.69, 9.17) is 5.26 Å². The van der Waals surface area contributed by atoms with Crippen molar-refractivity contribution in [2.24, 2.45) is 20.0 Å². The van der Waals surface area contributed by atoms with E-state index in [1.165, 1.54) is 5.56 Å². The van der Waals surface area contributed by atoms with Gasteiger partial charge in [0.25, 0.3) is 0 Å². The maximum atomic E-state index is 13.2.